The van der Waals surface area contributed by atoms with E-state index in [2.05, 4.69) is 15.5 Å². The smallest absolute Gasteiger partial charge is 0.272 e. The Morgan fingerprint density at radius 3 is 2.63 bits per heavy atom. The van der Waals surface area contributed by atoms with Gasteiger partial charge < -0.3 is 5.32 Å². The Kier molecular flexibility index (Phi) is 4.81. The Hall–Kier alpha value is -2.86. The van der Waals surface area contributed by atoms with Crippen LogP contribution in [-0.2, 0) is 6.42 Å². The van der Waals surface area contributed by atoms with E-state index in [0.29, 0.717) is 17.5 Å². The summed E-state index contributed by atoms with van der Waals surface area (Å²) in [5, 5.41) is 11.2. The van der Waals surface area contributed by atoms with Gasteiger partial charge in [-0.2, -0.15) is 5.10 Å². The molecule has 0 unspecified atom stereocenters. The van der Waals surface area contributed by atoms with Crippen molar-refractivity contribution in [3.8, 4) is 0 Å². The fourth-order valence-corrected chi connectivity index (χ4v) is 3.67. The Morgan fingerprint density at radius 1 is 1.11 bits per heavy atom. The van der Waals surface area contributed by atoms with Crippen molar-refractivity contribution in [3.05, 3.63) is 75.5 Å². The van der Waals surface area contributed by atoms with E-state index in [9.17, 15) is 14.0 Å². The molecule has 3 aromatic rings. The fourth-order valence-electron chi connectivity index (χ4n) is 3.67. The number of aromatic nitrogens is 2. The van der Waals surface area contributed by atoms with Crippen LogP contribution in [0.15, 0.2) is 47.3 Å². The minimum Gasteiger partial charge on any atom is -0.317 e. The standard InChI is InChI=1S/C21H20FN3O2/c22-18-6-5-13(11-17(18)20(26)14-7-9-23-10-8-14)12-19-15-3-1-2-4-16(15)21(27)25-24-19/h1-6,11,14,23H,7-10,12H2,(H,25,27). The lowest BCUT2D eigenvalue weighted by molar-refractivity contribution is 0.0890. The molecule has 1 aliphatic heterocycles. The summed E-state index contributed by atoms with van der Waals surface area (Å²) in [6.45, 7) is 1.57. The average Bonchev–Trinajstić information content (AvgIpc) is 2.72. The first-order chi connectivity index (χ1) is 13.1. The molecule has 0 bridgehead atoms. The van der Waals surface area contributed by atoms with Gasteiger partial charge in [0.05, 0.1) is 16.6 Å². The number of hydrogen-bond donors (Lipinski definition) is 2. The quantitative estimate of drug-likeness (QED) is 0.697. The topological polar surface area (TPSA) is 74.8 Å². The van der Waals surface area contributed by atoms with Crippen LogP contribution >= 0.6 is 0 Å². The molecular formula is C21H20FN3O2. The number of benzene rings is 2. The van der Waals surface area contributed by atoms with Gasteiger partial charge in [0.1, 0.15) is 5.82 Å². The summed E-state index contributed by atoms with van der Waals surface area (Å²) >= 11 is 0. The van der Waals surface area contributed by atoms with Gasteiger partial charge in [0.2, 0.25) is 0 Å². The third-order valence-corrected chi connectivity index (χ3v) is 5.15. The molecule has 1 aromatic heterocycles. The van der Waals surface area contributed by atoms with Crippen LogP contribution in [-0.4, -0.2) is 29.1 Å². The normalized spacial score (nSPS) is 15.1. The van der Waals surface area contributed by atoms with Crippen molar-refractivity contribution in [2.75, 3.05) is 13.1 Å². The van der Waals surface area contributed by atoms with E-state index in [-0.39, 0.29) is 22.8 Å². The van der Waals surface area contributed by atoms with Crippen LogP contribution in [0.25, 0.3) is 10.8 Å². The number of nitrogens with zero attached hydrogens (tertiary/aromatic N) is 1. The van der Waals surface area contributed by atoms with E-state index in [1.165, 1.54) is 6.07 Å². The molecule has 5 nitrogen and oxygen atoms in total. The number of H-pyrrole nitrogens is 1. The van der Waals surface area contributed by atoms with Gasteiger partial charge in [0.25, 0.3) is 5.56 Å². The molecule has 1 aliphatic rings. The van der Waals surface area contributed by atoms with Crippen LogP contribution in [0.2, 0.25) is 0 Å². The number of aromatic amines is 1. The Balaban J connectivity index is 1.67. The van der Waals surface area contributed by atoms with E-state index in [1.807, 2.05) is 12.1 Å². The van der Waals surface area contributed by atoms with Crippen molar-refractivity contribution in [2.24, 2.45) is 5.92 Å². The number of Topliss-reactive ketones (excluding diaryl/α,β-unsaturated/α-hetero) is 1. The highest BCUT2D eigenvalue weighted by Gasteiger charge is 2.24. The number of halogens is 1. The Bertz CT molecular complexity index is 1050. The van der Waals surface area contributed by atoms with Crippen molar-refractivity contribution in [3.63, 3.8) is 0 Å². The van der Waals surface area contributed by atoms with Crippen molar-refractivity contribution < 1.29 is 9.18 Å². The molecule has 4 rings (SSSR count). The average molecular weight is 365 g/mol. The molecule has 6 heteroatoms. The monoisotopic (exact) mass is 365 g/mol. The van der Waals surface area contributed by atoms with Crippen LogP contribution in [0.4, 0.5) is 4.39 Å². The van der Waals surface area contributed by atoms with Gasteiger partial charge in [-0.15, -0.1) is 0 Å². The van der Waals surface area contributed by atoms with Crippen LogP contribution in [0.3, 0.4) is 0 Å². The summed E-state index contributed by atoms with van der Waals surface area (Å²) in [5.41, 5.74) is 1.39. The summed E-state index contributed by atoms with van der Waals surface area (Å²) < 4.78 is 14.3. The van der Waals surface area contributed by atoms with E-state index in [0.717, 1.165) is 36.9 Å². The second kappa shape index (κ2) is 7.40. The minimum atomic E-state index is -0.485. The van der Waals surface area contributed by atoms with Gasteiger partial charge in [-0.05, 0) is 49.7 Å². The van der Waals surface area contributed by atoms with Crippen molar-refractivity contribution in [2.45, 2.75) is 19.3 Å². The first-order valence-corrected chi connectivity index (χ1v) is 9.13. The van der Waals surface area contributed by atoms with Gasteiger partial charge in [-0.3, -0.25) is 9.59 Å². The van der Waals surface area contributed by atoms with Crippen LogP contribution in [0, 0.1) is 11.7 Å². The van der Waals surface area contributed by atoms with E-state index in [4.69, 9.17) is 0 Å². The zero-order valence-corrected chi connectivity index (χ0v) is 14.8. The molecule has 1 saturated heterocycles. The predicted octanol–water partition coefficient (Wildman–Crippen LogP) is 2.84. The summed E-state index contributed by atoms with van der Waals surface area (Å²) in [5.74, 6) is -0.750. The molecule has 27 heavy (non-hydrogen) atoms. The number of carbonyl (C=O) groups excluding carboxylic acids is 1. The lowest BCUT2D eigenvalue weighted by Crippen LogP contribution is -2.32. The fraction of sp³-hybridized carbons (Fsp3) is 0.286. The number of hydrogen-bond acceptors (Lipinski definition) is 4. The largest absolute Gasteiger partial charge is 0.317 e. The number of piperidine rings is 1. The zero-order valence-electron chi connectivity index (χ0n) is 14.8. The maximum Gasteiger partial charge on any atom is 0.272 e. The van der Waals surface area contributed by atoms with Gasteiger partial charge in [-0.1, -0.05) is 24.3 Å². The number of rotatable bonds is 4. The van der Waals surface area contributed by atoms with E-state index in [1.54, 1.807) is 24.3 Å². The van der Waals surface area contributed by atoms with Gasteiger partial charge in [-0.25, -0.2) is 9.49 Å². The molecule has 0 radical (unpaired) electrons. The first-order valence-electron chi connectivity index (χ1n) is 9.13. The first kappa shape index (κ1) is 17.5. The van der Waals surface area contributed by atoms with Crippen molar-refractivity contribution in [1.82, 2.24) is 15.5 Å². The molecule has 0 aliphatic carbocycles. The predicted molar refractivity (Wildman–Crippen MR) is 101 cm³/mol. The summed E-state index contributed by atoms with van der Waals surface area (Å²) in [6, 6.07) is 11.9. The molecule has 138 valence electrons. The van der Waals surface area contributed by atoms with Gasteiger partial charge in [0, 0.05) is 17.7 Å². The molecule has 0 atom stereocenters. The SMILES string of the molecule is O=C(c1cc(Cc2n[nH]c(=O)c3ccccc23)ccc1F)C1CCNCC1. The molecule has 2 N–H and O–H groups in total. The molecule has 1 fully saturated rings. The Morgan fingerprint density at radius 2 is 1.85 bits per heavy atom. The highest BCUT2D eigenvalue weighted by molar-refractivity contribution is 5.98. The number of carbonyl (C=O) groups is 1. The molecule has 2 heterocycles. The zero-order chi connectivity index (χ0) is 18.8. The second-order valence-electron chi connectivity index (χ2n) is 6.92. The lowest BCUT2D eigenvalue weighted by Gasteiger charge is -2.21. The number of ketones is 1. The van der Waals surface area contributed by atoms with Crippen molar-refractivity contribution >= 4 is 16.6 Å². The highest BCUT2D eigenvalue weighted by Crippen LogP contribution is 2.23. The Labute approximate surface area is 155 Å². The number of nitrogens with one attached hydrogen (secondary N) is 2. The summed E-state index contributed by atoms with van der Waals surface area (Å²) in [7, 11) is 0. The van der Waals surface area contributed by atoms with Crippen LogP contribution in [0.1, 0.15) is 34.5 Å². The van der Waals surface area contributed by atoms with Gasteiger partial charge >= 0.3 is 0 Å². The van der Waals surface area contributed by atoms with E-state index < -0.39 is 5.82 Å². The maximum absolute atomic E-state index is 14.3. The second-order valence-corrected chi connectivity index (χ2v) is 6.92. The summed E-state index contributed by atoms with van der Waals surface area (Å²) in [6.07, 6.45) is 1.87. The van der Waals surface area contributed by atoms with Crippen LogP contribution < -0.4 is 10.9 Å². The third kappa shape index (κ3) is 3.53. The van der Waals surface area contributed by atoms with Crippen molar-refractivity contribution in [1.29, 1.82) is 0 Å². The molecule has 0 saturated carbocycles. The maximum atomic E-state index is 14.3. The summed E-state index contributed by atoms with van der Waals surface area (Å²) in [4.78, 5) is 24.7. The minimum absolute atomic E-state index is 0.130. The third-order valence-electron chi connectivity index (χ3n) is 5.15. The number of fused-ring (bicyclic) bond motifs is 1. The highest BCUT2D eigenvalue weighted by atomic mass is 19.1. The molecule has 2 aromatic carbocycles. The lowest BCUT2D eigenvalue weighted by atomic mass is 9.88. The molecule has 0 amide bonds. The molecule has 0 spiro atoms. The van der Waals surface area contributed by atoms with Crippen LogP contribution in [0.5, 0.6) is 0 Å². The molecular weight excluding hydrogens is 345 g/mol. The van der Waals surface area contributed by atoms with Gasteiger partial charge in [0.15, 0.2) is 5.78 Å². The van der Waals surface area contributed by atoms with E-state index >= 15 is 0 Å².